The Bertz CT molecular complexity index is 1150. The third-order valence-electron chi connectivity index (χ3n) is 9.22. The predicted molar refractivity (Wildman–Crippen MR) is 167 cm³/mol. The summed E-state index contributed by atoms with van der Waals surface area (Å²) in [5, 5.41) is 10.5. The number of hydrogen-bond acceptors (Lipinski definition) is 6. The number of amides is 3. The first-order valence-corrected chi connectivity index (χ1v) is 15.7. The van der Waals surface area contributed by atoms with Crippen molar-refractivity contribution >= 4 is 40.9 Å². The first-order chi connectivity index (χ1) is 19.6. The van der Waals surface area contributed by atoms with E-state index in [2.05, 4.69) is 31.9 Å². The van der Waals surface area contributed by atoms with Gasteiger partial charge in [0.2, 0.25) is 11.8 Å². The number of hydrogen-bond donors (Lipinski definition) is 1. The molecule has 224 valence electrons. The topological polar surface area (TPSA) is 84.4 Å². The molecule has 1 N–H and O–H groups in total. The molecule has 1 aromatic rings. The number of aliphatic hydroxyl groups is 1. The van der Waals surface area contributed by atoms with Gasteiger partial charge in [0.05, 0.1) is 29.2 Å². The lowest BCUT2D eigenvalue weighted by molar-refractivity contribution is -0.145. The number of carbonyl (C=O) groups excluding carboxylic acids is 3. The van der Waals surface area contributed by atoms with Crippen LogP contribution in [0.2, 0.25) is 0 Å². The zero-order valence-electron chi connectivity index (χ0n) is 25.2. The molecule has 9 heteroatoms. The van der Waals surface area contributed by atoms with Crippen molar-refractivity contribution in [1.82, 2.24) is 9.80 Å². The van der Waals surface area contributed by atoms with Gasteiger partial charge in [-0.2, -0.15) is 0 Å². The normalized spacial score (nSPS) is 27.1. The second-order valence-corrected chi connectivity index (χ2v) is 13.3. The summed E-state index contributed by atoms with van der Waals surface area (Å²) in [4.78, 5) is 50.1. The molecule has 3 heterocycles. The van der Waals surface area contributed by atoms with E-state index in [1.54, 1.807) is 45.7 Å². The maximum Gasteiger partial charge on any atom is 0.251 e. The van der Waals surface area contributed by atoms with Crippen LogP contribution in [0.3, 0.4) is 0 Å². The predicted octanol–water partition coefficient (Wildman–Crippen LogP) is 3.80. The van der Waals surface area contributed by atoms with E-state index in [-0.39, 0.29) is 42.0 Å². The number of benzene rings is 1. The second kappa shape index (κ2) is 12.6. The van der Waals surface area contributed by atoms with Crippen LogP contribution in [0.5, 0.6) is 0 Å². The summed E-state index contributed by atoms with van der Waals surface area (Å²) in [6.07, 6.45) is 4.84. The molecule has 0 radical (unpaired) electrons. The van der Waals surface area contributed by atoms with Gasteiger partial charge in [0.15, 0.2) is 0 Å². The Morgan fingerprint density at radius 3 is 2.24 bits per heavy atom. The minimum absolute atomic E-state index is 0.0194. The Kier molecular flexibility index (Phi) is 9.59. The fraction of sp³-hybridized carbons (Fsp3) is 0.594. The number of aliphatic hydroxyl groups excluding tert-OH is 1. The molecule has 0 aromatic heterocycles. The smallest absolute Gasteiger partial charge is 0.251 e. The van der Waals surface area contributed by atoms with E-state index in [1.165, 1.54) is 0 Å². The Hall–Kier alpha value is -2.78. The van der Waals surface area contributed by atoms with E-state index in [4.69, 9.17) is 0 Å². The van der Waals surface area contributed by atoms with Crippen LogP contribution in [0.25, 0.3) is 0 Å². The molecule has 3 aliphatic heterocycles. The molecule has 3 fully saturated rings. The molecule has 41 heavy (non-hydrogen) atoms. The molecule has 3 amide bonds. The first kappa shape index (κ1) is 31.2. The maximum atomic E-state index is 14.8. The molecule has 2 bridgehead atoms. The number of likely N-dealkylation sites (N-methyl/N-ethyl adjacent to an activating group) is 1. The van der Waals surface area contributed by atoms with Crippen molar-refractivity contribution in [1.29, 1.82) is 0 Å². The van der Waals surface area contributed by atoms with Crippen LogP contribution in [-0.2, 0) is 14.4 Å². The van der Waals surface area contributed by atoms with Crippen LogP contribution in [0.1, 0.15) is 40.5 Å². The quantitative estimate of drug-likeness (QED) is 0.356. The van der Waals surface area contributed by atoms with Crippen molar-refractivity contribution in [3.05, 3.63) is 49.6 Å². The summed E-state index contributed by atoms with van der Waals surface area (Å²) in [7, 11) is 1.74. The summed E-state index contributed by atoms with van der Waals surface area (Å²) < 4.78 is -0.725. The Morgan fingerprint density at radius 1 is 1.10 bits per heavy atom. The third-order valence-corrected chi connectivity index (χ3v) is 11.2. The SMILES string of the molecule is C=CCN(C)C(=O)[C@@H]1[C@H]2C(=O)N([C@@H](CO)C(C)C)C(C(=O)N(CC=C)c3ccc(N(CC)CC)cc3)C23CC[C@H]1S3. The van der Waals surface area contributed by atoms with E-state index >= 15 is 0 Å². The first-order valence-electron chi connectivity index (χ1n) is 14.9. The standard InChI is InChI=1S/C32H46N4O4S/c1-8-18-33(7)29(38)26-25-16-17-32(41-25)27(26)30(39)36(24(20-37)21(5)6)28(32)31(40)35(19-9-2)23-14-12-22(13-15-23)34(10-3)11-4/h8-9,12-15,21,24-28,37H,1-2,10-11,16-20H2,3-7H3/t24-,25+,26-,27-,28?,32?/m0/s1. The number of likely N-dealkylation sites (tertiary alicyclic amines) is 1. The number of rotatable bonds is 13. The number of carbonyl (C=O) groups is 3. The van der Waals surface area contributed by atoms with Gasteiger partial charge in [0.1, 0.15) is 6.04 Å². The van der Waals surface area contributed by atoms with Crippen molar-refractivity contribution < 1.29 is 19.5 Å². The molecule has 3 saturated heterocycles. The minimum atomic E-state index is -0.792. The lowest BCUT2D eigenvalue weighted by Gasteiger charge is -2.40. The van der Waals surface area contributed by atoms with Crippen molar-refractivity contribution in [3.63, 3.8) is 0 Å². The van der Waals surface area contributed by atoms with Gasteiger partial charge < -0.3 is 24.7 Å². The highest BCUT2D eigenvalue weighted by Gasteiger charge is 2.74. The lowest BCUT2D eigenvalue weighted by Crippen LogP contribution is -2.58. The van der Waals surface area contributed by atoms with E-state index in [0.717, 1.165) is 30.9 Å². The monoisotopic (exact) mass is 582 g/mol. The molecule has 0 aliphatic carbocycles. The lowest BCUT2D eigenvalue weighted by atomic mass is 9.70. The average Bonchev–Trinajstić information content (AvgIpc) is 3.60. The molecule has 4 rings (SSSR count). The third kappa shape index (κ3) is 5.20. The Balaban J connectivity index is 1.79. The van der Waals surface area contributed by atoms with Crippen molar-refractivity contribution in [2.75, 3.05) is 49.6 Å². The van der Waals surface area contributed by atoms with Crippen LogP contribution in [0.4, 0.5) is 11.4 Å². The molecule has 3 aliphatic rings. The molecule has 1 spiro atoms. The van der Waals surface area contributed by atoms with Crippen LogP contribution in [0.15, 0.2) is 49.6 Å². The maximum absolute atomic E-state index is 14.8. The summed E-state index contributed by atoms with van der Waals surface area (Å²) in [5.41, 5.74) is 1.82. The van der Waals surface area contributed by atoms with Crippen molar-refractivity contribution in [2.24, 2.45) is 17.8 Å². The van der Waals surface area contributed by atoms with Gasteiger partial charge in [0, 0.05) is 49.9 Å². The van der Waals surface area contributed by atoms with Gasteiger partial charge in [-0.3, -0.25) is 14.4 Å². The van der Waals surface area contributed by atoms with Crippen LogP contribution < -0.4 is 9.80 Å². The highest BCUT2D eigenvalue weighted by atomic mass is 32.2. The van der Waals surface area contributed by atoms with Crippen LogP contribution >= 0.6 is 11.8 Å². The highest BCUT2D eigenvalue weighted by molar-refractivity contribution is 8.02. The zero-order valence-corrected chi connectivity index (χ0v) is 26.0. The molecule has 2 unspecified atom stereocenters. The molecule has 0 saturated carbocycles. The van der Waals surface area contributed by atoms with Crippen LogP contribution in [-0.4, -0.2) is 94.5 Å². The van der Waals surface area contributed by atoms with Gasteiger partial charge in [-0.15, -0.1) is 24.9 Å². The molecule has 1 aromatic carbocycles. The van der Waals surface area contributed by atoms with Crippen molar-refractivity contribution in [3.8, 4) is 0 Å². The second-order valence-electron chi connectivity index (χ2n) is 11.7. The number of nitrogens with zero attached hydrogens (tertiary/aromatic N) is 4. The number of fused-ring (bicyclic) bond motifs is 1. The van der Waals surface area contributed by atoms with E-state index in [1.807, 2.05) is 38.1 Å². The summed E-state index contributed by atoms with van der Waals surface area (Å²) in [5.74, 6) is -1.63. The minimum Gasteiger partial charge on any atom is -0.394 e. The van der Waals surface area contributed by atoms with Crippen molar-refractivity contribution in [2.45, 2.75) is 62.6 Å². The Morgan fingerprint density at radius 2 is 1.71 bits per heavy atom. The number of thioether (sulfide) groups is 1. The highest BCUT2D eigenvalue weighted by Crippen LogP contribution is 2.67. The molecule has 8 nitrogen and oxygen atoms in total. The molecule has 6 atom stereocenters. The number of anilines is 2. The van der Waals surface area contributed by atoms with E-state index in [0.29, 0.717) is 13.0 Å². The van der Waals surface area contributed by atoms with E-state index in [9.17, 15) is 19.5 Å². The summed E-state index contributed by atoms with van der Waals surface area (Å²) in [6, 6.07) is 6.62. The molecular weight excluding hydrogens is 536 g/mol. The van der Waals surface area contributed by atoms with Gasteiger partial charge in [-0.1, -0.05) is 26.0 Å². The van der Waals surface area contributed by atoms with Gasteiger partial charge in [0.25, 0.3) is 5.91 Å². The van der Waals surface area contributed by atoms with Gasteiger partial charge in [-0.05, 0) is 56.9 Å². The molecular formula is C32H46N4O4S. The van der Waals surface area contributed by atoms with Crippen LogP contribution in [0, 0.1) is 17.8 Å². The fourth-order valence-electron chi connectivity index (χ4n) is 7.20. The Labute approximate surface area is 249 Å². The zero-order chi connectivity index (χ0) is 30.1. The fourth-order valence-corrected chi connectivity index (χ4v) is 9.39. The van der Waals surface area contributed by atoms with Gasteiger partial charge in [-0.25, -0.2) is 0 Å². The largest absolute Gasteiger partial charge is 0.394 e. The van der Waals surface area contributed by atoms with E-state index < -0.39 is 28.7 Å². The van der Waals surface area contributed by atoms with Gasteiger partial charge >= 0.3 is 0 Å². The summed E-state index contributed by atoms with van der Waals surface area (Å²) >= 11 is 1.65. The average molecular weight is 583 g/mol. The summed E-state index contributed by atoms with van der Waals surface area (Å²) in [6.45, 7) is 18.0.